The molecule has 19 heavy (non-hydrogen) atoms. The van der Waals surface area contributed by atoms with Crippen LogP contribution in [0.15, 0.2) is 24.3 Å². The van der Waals surface area contributed by atoms with E-state index in [4.69, 9.17) is 4.74 Å². The number of benzene rings is 1. The van der Waals surface area contributed by atoms with E-state index in [-0.39, 0.29) is 0 Å². The third-order valence-corrected chi connectivity index (χ3v) is 3.97. The van der Waals surface area contributed by atoms with Gasteiger partial charge in [-0.1, -0.05) is 12.1 Å². The molecule has 1 aromatic carbocycles. The van der Waals surface area contributed by atoms with E-state index in [2.05, 4.69) is 34.5 Å². The molecule has 0 aromatic heterocycles. The van der Waals surface area contributed by atoms with Gasteiger partial charge in [-0.3, -0.25) is 4.90 Å². The van der Waals surface area contributed by atoms with Crippen LogP contribution in [0.2, 0.25) is 0 Å². The standard InChI is InChI=1S/C16H26N2O/c1-17-10-9-14-4-3-11-18(12-14)13-15-5-7-16(19-2)8-6-15/h5-8,14,17H,3-4,9-13H2,1-2H3. The molecule has 1 fully saturated rings. The SMILES string of the molecule is CNCCC1CCCN(Cc2ccc(OC)cc2)C1. The van der Waals surface area contributed by atoms with Gasteiger partial charge in [-0.05, 0) is 63.0 Å². The Morgan fingerprint density at radius 2 is 2.11 bits per heavy atom. The number of likely N-dealkylation sites (tertiary alicyclic amines) is 1. The van der Waals surface area contributed by atoms with Crippen LogP contribution >= 0.6 is 0 Å². The van der Waals surface area contributed by atoms with E-state index < -0.39 is 0 Å². The fourth-order valence-corrected chi connectivity index (χ4v) is 2.87. The minimum absolute atomic E-state index is 0.861. The maximum Gasteiger partial charge on any atom is 0.118 e. The number of nitrogens with one attached hydrogen (secondary N) is 1. The molecule has 1 heterocycles. The summed E-state index contributed by atoms with van der Waals surface area (Å²) >= 11 is 0. The summed E-state index contributed by atoms with van der Waals surface area (Å²) in [4.78, 5) is 2.59. The van der Waals surface area contributed by atoms with Gasteiger partial charge >= 0.3 is 0 Å². The van der Waals surface area contributed by atoms with E-state index >= 15 is 0 Å². The predicted octanol–water partition coefficient (Wildman–Crippen LogP) is 2.52. The van der Waals surface area contributed by atoms with Crippen LogP contribution < -0.4 is 10.1 Å². The molecule has 2 rings (SSSR count). The first-order chi connectivity index (χ1) is 9.31. The van der Waals surface area contributed by atoms with Gasteiger partial charge in [0.1, 0.15) is 5.75 Å². The number of methoxy groups -OCH3 is 1. The average molecular weight is 262 g/mol. The van der Waals surface area contributed by atoms with E-state index in [0.717, 1.165) is 24.8 Å². The molecule has 1 N–H and O–H groups in total. The van der Waals surface area contributed by atoms with Crippen LogP contribution in [-0.2, 0) is 6.54 Å². The van der Waals surface area contributed by atoms with Crippen molar-refractivity contribution in [2.24, 2.45) is 5.92 Å². The Morgan fingerprint density at radius 1 is 1.32 bits per heavy atom. The molecule has 3 nitrogen and oxygen atoms in total. The molecule has 1 saturated heterocycles. The number of hydrogen-bond donors (Lipinski definition) is 1. The van der Waals surface area contributed by atoms with Gasteiger partial charge in [-0.2, -0.15) is 0 Å². The predicted molar refractivity (Wildman–Crippen MR) is 79.5 cm³/mol. The first kappa shape index (κ1) is 14.4. The Hall–Kier alpha value is -1.06. The molecule has 1 aliphatic heterocycles. The summed E-state index contributed by atoms with van der Waals surface area (Å²) in [6, 6.07) is 8.46. The number of hydrogen-bond acceptors (Lipinski definition) is 3. The summed E-state index contributed by atoms with van der Waals surface area (Å²) in [7, 11) is 3.75. The van der Waals surface area contributed by atoms with Crippen molar-refractivity contribution >= 4 is 0 Å². The second-order valence-electron chi connectivity index (χ2n) is 5.48. The molecule has 0 spiro atoms. The molecule has 0 saturated carbocycles. The number of piperidine rings is 1. The second-order valence-corrected chi connectivity index (χ2v) is 5.48. The van der Waals surface area contributed by atoms with Gasteiger partial charge in [0, 0.05) is 13.1 Å². The van der Waals surface area contributed by atoms with E-state index in [1.54, 1.807) is 7.11 Å². The third-order valence-electron chi connectivity index (χ3n) is 3.97. The lowest BCUT2D eigenvalue weighted by Crippen LogP contribution is -2.35. The van der Waals surface area contributed by atoms with Crippen LogP contribution in [0.1, 0.15) is 24.8 Å². The van der Waals surface area contributed by atoms with Crippen molar-refractivity contribution in [2.45, 2.75) is 25.8 Å². The zero-order chi connectivity index (χ0) is 13.5. The van der Waals surface area contributed by atoms with Gasteiger partial charge in [0.15, 0.2) is 0 Å². The molecular formula is C16H26N2O. The highest BCUT2D eigenvalue weighted by molar-refractivity contribution is 5.27. The number of nitrogens with zero attached hydrogens (tertiary/aromatic N) is 1. The molecular weight excluding hydrogens is 236 g/mol. The highest BCUT2D eigenvalue weighted by Crippen LogP contribution is 2.21. The fourth-order valence-electron chi connectivity index (χ4n) is 2.87. The van der Waals surface area contributed by atoms with E-state index in [9.17, 15) is 0 Å². The Balaban J connectivity index is 1.83. The van der Waals surface area contributed by atoms with Crippen molar-refractivity contribution in [1.29, 1.82) is 0 Å². The Morgan fingerprint density at radius 3 is 2.79 bits per heavy atom. The van der Waals surface area contributed by atoms with Gasteiger partial charge in [-0.25, -0.2) is 0 Å². The Labute approximate surface area is 116 Å². The maximum atomic E-state index is 5.20. The van der Waals surface area contributed by atoms with Crippen molar-refractivity contribution < 1.29 is 4.74 Å². The Bertz CT molecular complexity index is 364. The summed E-state index contributed by atoms with van der Waals surface area (Å²) in [6.45, 7) is 4.69. The monoisotopic (exact) mass is 262 g/mol. The number of rotatable bonds is 6. The lowest BCUT2D eigenvalue weighted by Gasteiger charge is -2.32. The van der Waals surface area contributed by atoms with Gasteiger partial charge in [0.05, 0.1) is 7.11 Å². The minimum Gasteiger partial charge on any atom is -0.497 e. The molecule has 106 valence electrons. The largest absolute Gasteiger partial charge is 0.497 e. The average Bonchev–Trinajstić information content (AvgIpc) is 2.46. The highest BCUT2D eigenvalue weighted by Gasteiger charge is 2.19. The lowest BCUT2D eigenvalue weighted by molar-refractivity contribution is 0.162. The summed E-state index contributed by atoms with van der Waals surface area (Å²) in [5.41, 5.74) is 1.38. The first-order valence-corrected chi connectivity index (χ1v) is 7.31. The van der Waals surface area contributed by atoms with Crippen LogP contribution in [0.5, 0.6) is 5.75 Å². The highest BCUT2D eigenvalue weighted by atomic mass is 16.5. The van der Waals surface area contributed by atoms with Gasteiger partial charge < -0.3 is 10.1 Å². The van der Waals surface area contributed by atoms with Crippen molar-refractivity contribution in [3.05, 3.63) is 29.8 Å². The van der Waals surface area contributed by atoms with Crippen LogP contribution in [0.25, 0.3) is 0 Å². The van der Waals surface area contributed by atoms with E-state index in [0.29, 0.717) is 0 Å². The van der Waals surface area contributed by atoms with E-state index in [1.165, 1.54) is 37.9 Å². The zero-order valence-electron chi connectivity index (χ0n) is 12.2. The maximum absolute atomic E-state index is 5.20. The van der Waals surface area contributed by atoms with Crippen LogP contribution in [0, 0.1) is 5.92 Å². The molecule has 0 amide bonds. The third kappa shape index (κ3) is 4.51. The minimum atomic E-state index is 0.861. The smallest absolute Gasteiger partial charge is 0.118 e. The Kier molecular flexibility index (Phi) is 5.67. The van der Waals surface area contributed by atoms with Crippen LogP contribution in [0.3, 0.4) is 0 Å². The molecule has 1 aliphatic rings. The summed E-state index contributed by atoms with van der Waals surface area (Å²) in [5.74, 6) is 1.80. The van der Waals surface area contributed by atoms with Gasteiger partial charge in [0.25, 0.3) is 0 Å². The summed E-state index contributed by atoms with van der Waals surface area (Å²) in [6.07, 6.45) is 4.03. The van der Waals surface area contributed by atoms with Crippen LogP contribution in [0.4, 0.5) is 0 Å². The number of ether oxygens (including phenoxy) is 1. The molecule has 0 aliphatic carbocycles. The lowest BCUT2D eigenvalue weighted by atomic mass is 9.94. The van der Waals surface area contributed by atoms with Crippen LogP contribution in [-0.4, -0.2) is 38.7 Å². The second kappa shape index (κ2) is 7.51. The fraction of sp³-hybridized carbons (Fsp3) is 0.625. The van der Waals surface area contributed by atoms with Crippen molar-refractivity contribution in [3.63, 3.8) is 0 Å². The van der Waals surface area contributed by atoms with Crippen molar-refractivity contribution in [3.8, 4) is 5.75 Å². The molecule has 3 heteroatoms. The summed E-state index contributed by atoms with van der Waals surface area (Å²) < 4.78 is 5.20. The van der Waals surface area contributed by atoms with Crippen molar-refractivity contribution in [2.75, 3.05) is 33.8 Å². The van der Waals surface area contributed by atoms with Gasteiger partial charge in [0.2, 0.25) is 0 Å². The van der Waals surface area contributed by atoms with Gasteiger partial charge in [-0.15, -0.1) is 0 Å². The molecule has 1 unspecified atom stereocenters. The first-order valence-electron chi connectivity index (χ1n) is 7.31. The zero-order valence-corrected chi connectivity index (χ0v) is 12.2. The molecule has 0 bridgehead atoms. The van der Waals surface area contributed by atoms with E-state index in [1.807, 2.05) is 7.05 Å². The normalized spacial score (nSPS) is 20.4. The van der Waals surface area contributed by atoms with Crippen molar-refractivity contribution in [1.82, 2.24) is 10.2 Å². The topological polar surface area (TPSA) is 24.5 Å². The molecule has 0 radical (unpaired) electrons. The molecule has 1 aromatic rings. The summed E-state index contributed by atoms with van der Waals surface area (Å²) in [5, 5.41) is 3.26. The quantitative estimate of drug-likeness (QED) is 0.852. The molecule has 1 atom stereocenters.